The predicted molar refractivity (Wildman–Crippen MR) is 186 cm³/mol. The highest BCUT2D eigenvalue weighted by molar-refractivity contribution is 5.87. The molecular formula is C41H30N4. The van der Waals surface area contributed by atoms with Crippen LogP contribution in [0.25, 0.3) is 50.6 Å². The fourth-order valence-corrected chi connectivity index (χ4v) is 5.39. The number of hydrogen-bond donors (Lipinski definition) is 1. The van der Waals surface area contributed by atoms with Crippen molar-refractivity contribution in [2.24, 2.45) is 0 Å². The fraction of sp³-hybridized carbons (Fsp3) is 0. The van der Waals surface area contributed by atoms with Crippen LogP contribution in [0.15, 0.2) is 171 Å². The number of nitrogens with zero attached hydrogens (tertiary/aromatic N) is 3. The Kier molecular flexibility index (Phi) is 7.76. The Balaban J connectivity index is 1.26. The van der Waals surface area contributed by atoms with Crippen molar-refractivity contribution in [1.82, 2.24) is 15.0 Å². The smallest absolute Gasteiger partial charge is 0.160 e. The molecule has 0 fully saturated rings. The lowest BCUT2D eigenvalue weighted by molar-refractivity contribution is 1.18. The van der Waals surface area contributed by atoms with E-state index in [-0.39, 0.29) is 0 Å². The fourth-order valence-electron chi connectivity index (χ4n) is 5.39. The van der Waals surface area contributed by atoms with Gasteiger partial charge in [0.2, 0.25) is 0 Å². The van der Waals surface area contributed by atoms with Gasteiger partial charge >= 0.3 is 0 Å². The molecule has 0 aliphatic heterocycles. The molecule has 7 aromatic rings. The molecule has 2 heterocycles. The van der Waals surface area contributed by atoms with E-state index in [2.05, 4.69) is 108 Å². The zero-order valence-corrected chi connectivity index (χ0v) is 24.6. The number of benzene rings is 5. The zero-order chi connectivity index (χ0) is 30.4. The first-order chi connectivity index (χ1) is 22.2. The SMILES string of the molecule is C=C(c1cccc(-c2cc(-c3ccc(-c4ccccc4)cc3)nc(-c3ccccc3)n2)c1)c1ccccc1Nc1ccncc1. The van der Waals surface area contributed by atoms with Crippen molar-refractivity contribution < 1.29 is 0 Å². The lowest BCUT2D eigenvalue weighted by Gasteiger charge is -2.15. The van der Waals surface area contributed by atoms with Gasteiger partial charge in [0.05, 0.1) is 11.4 Å². The first-order valence-electron chi connectivity index (χ1n) is 14.9. The molecule has 0 spiro atoms. The first-order valence-corrected chi connectivity index (χ1v) is 14.9. The van der Waals surface area contributed by atoms with E-state index in [4.69, 9.17) is 9.97 Å². The lowest BCUT2D eigenvalue weighted by Crippen LogP contribution is -1.98. The molecule has 7 rings (SSSR count). The summed E-state index contributed by atoms with van der Waals surface area (Å²) in [5, 5.41) is 3.51. The summed E-state index contributed by atoms with van der Waals surface area (Å²) in [6.45, 7) is 4.51. The Hall–Kier alpha value is -6.13. The van der Waals surface area contributed by atoms with Crippen LogP contribution in [0.1, 0.15) is 11.1 Å². The summed E-state index contributed by atoms with van der Waals surface area (Å²) in [5.74, 6) is 0.686. The van der Waals surface area contributed by atoms with Crippen molar-refractivity contribution in [2.45, 2.75) is 0 Å². The molecular weight excluding hydrogens is 548 g/mol. The maximum Gasteiger partial charge on any atom is 0.160 e. The summed E-state index contributed by atoms with van der Waals surface area (Å²) in [4.78, 5) is 14.2. The highest BCUT2D eigenvalue weighted by Gasteiger charge is 2.14. The van der Waals surface area contributed by atoms with Crippen LogP contribution in [0.3, 0.4) is 0 Å². The van der Waals surface area contributed by atoms with E-state index in [0.29, 0.717) is 5.82 Å². The van der Waals surface area contributed by atoms with Crippen molar-refractivity contribution >= 4 is 16.9 Å². The van der Waals surface area contributed by atoms with E-state index in [1.165, 1.54) is 11.1 Å². The summed E-state index contributed by atoms with van der Waals surface area (Å²) >= 11 is 0. The highest BCUT2D eigenvalue weighted by atomic mass is 14.9. The molecule has 4 nitrogen and oxygen atoms in total. The Bertz CT molecular complexity index is 2070. The van der Waals surface area contributed by atoms with Crippen molar-refractivity contribution in [2.75, 3.05) is 5.32 Å². The van der Waals surface area contributed by atoms with Gasteiger partial charge in [-0.2, -0.15) is 0 Å². The molecule has 0 saturated carbocycles. The first kappa shape index (κ1) is 27.7. The molecule has 1 N–H and O–H groups in total. The van der Waals surface area contributed by atoms with E-state index in [1.807, 2.05) is 60.7 Å². The van der Waals surface area contributed by atoms with Crippen molar-refractivity contribution in [3.05, 3.63) is 182 Å². The normalized spacial score (nSPS) is 10.8. The second-order valence-corrected chi connectivity index (χ2v) is 10.7. The van der Waals surface area contributed by atoms with Crippen molar-refractivity contribution in [3.8, 4) is 45.0 Å². The third-order valence-corrected chi connectivity index (χ3v) is 7.76. The summed E-state index contributed by atoms with van der Waals surface area (Å²) in [6.07, 6.45) is 3.56. The minimum atomic E-state index is 0.686. The van der Waals surface area contributed by atoms with Crippen LogP contribution < -0.4 is 5.32 Å². The maximum atomic E-state index is 5.05. The van der Waals surface area contributed by atoms with Gasteiger partial charge in [0.1, 0.15) is 0 Å². The largest absolute Gasteiger partial charge is 0.355 e. The molecule has 0 saturated heterocycles. The highest BCUT2D eigenvalue weighted by Crippen LogP contribution is 2.34. The molecule has 0 atom stereocenters. The second kappa shape index (κ2) is 12.6. The number of pyridine rings is 1. The van der Waals surface area contributed by atoms with Gasteiger partial charge in [-0.3, -0.25) is 4.98 Å². The van der Waals surface area contributed by atoms with Gasteiger partial charge in [-0.15, -0.1) is 0 Å². The molecule has 2 aromatic heterocycles. The van der Waals surface area contributed by atoms with Crippen LogP contribution in [0, 0.1) is 0 Å². The minimum absolute atomic E-state index is 0.686. The number of nitrogens with one attached hydrogen (secondary N) is 1. The number of para-hydroxylation sites is 1. The van der Waals surface area contributed by atoms with Crippen LogP contribution in [0.4, 0.5) is 11.4 Å². The molecule has 0 radical (unpaired) electrons. The molecule has 0 bridgehead atoms. The van der Waals surface area contributed by atoms with E-state index < -0.39 is 0 Å². The van der Waals surface area contributed by atoms with Gasteiger partial charge in [-0.05, 0) is 52.6 Å². The Morgan fingerprint density at radius 1 is 0.489 bits per heavy atom. The minimum Gasteiger partial charge on any atom is -0.355 e. The molecule has 0 unspecified atom stereocenters. The van der Waals surface area contributed by atoms with Crippen LogP contribution in [0.2, 0.25) is 0 Å². The van der Waals surface area contributed by atoms with Gasteiger partial charge in [-0.25, -0.2) is 9.97 Å². The molecule has 4 heteroatoms. The summed E-state index contributed by atoms with van der Waals surface area (Å²) in [6, 6.07) is 51.7. The van der Waals surface area contributed by atoms with Gasteiger partial charge in [0.25, 0.3) is 0 Å². The topological polar surface area (TPSA) is 50.7 Å². The number of rotatable bonds is 8. The third-order valence-electron chi connectivity index (χ3n) is 7.76. The average molecular weight is 579 g/mol. The standard InChI is InChI=1S/C41H30N4/c1-29(37-17-8-9-18-38(37)43-36-23-25-42-26-24-36)34-15-10-16-35(27-34)40-28-39(44-41(45-40)33-13-6-3-7-14-33)32-21-19-31(20-22-32)30-11-4-2-5-12-30/h2-28H,1H2,(H,42,43). The van der Waals surface area contributed by atoms with Crippen molar-refractivity contribution in [1.29, 1.82) is 0 Å². The maximum absolute atomic E-state index is 5.05. The van der Waals surface area contributed by atoms with Gasteiger partial charge in [0, 0.05) is 46.0 Å². The number of aromatic nitrogens is 3. The molecule has 214 valence electrons. The Morgan fingerprint density at radius 2 is 1.07 bits per heavy atom. The second-order valence-electron chi connectivity index (χ2n) is 10.7. The van der Waals surface area contributed by atoms with E-state index in [0.717, 1.165) is 56.2 Å². The zero-order valence-electron chi connectivity index (χ0n) is 24.6. The predicted octanol–water partition coefficient (Wildman–Crippen LogP) is 10.3. The van der Waals surface area contributed by atoms with E-state index in [1.54, 1.807) is 12.4 Å². The van der Waals surface area contributed by atoms with Gasteiger partial charge < -0.3 is 5.32 Å². The Labute approximate surface area is 263 Å². The molecule has 0 aliphatic rings. The number of hydrogen-bond acceptors (Lipinski definition) is 4. The third kappa shape index (κ3) is 6.17. The van der Waals surface area contributed by atoms with E-state index >= 15 is 0 Å². The average Bonchev–Trinajstić information content (AvgIpc) is 3.13. The summed E-state index contributed by atoms with van der Waals surface area (Å²) < 4.78 is 0. The van der Waals surface area contributed by atoms with Crippen molar-refractivity contribution in [3.63, 3.8) is 0 Å². The quantitative estimate of drug-likeness (QED) is 0.195. The van der Waals surface area contributed by atoms with Crippen LogP contribution in [-0.4, -0.2) is 15.0 Å². The lowest BCUT2D eigenvalue weighted by atomic mass is 9.95. The molecule has 0 aliphatic carbocycles. The van der Waals surface area contributed by atoms with Crippen LogP contribution in [0.5, 0.6) is 0 Å². The van der Waals surface area contributed by atoms with Gasteiger partial charge in [0.15, 0.2) is 5.82 Å². The van der Waals surface area contributed by atoms with Crippen LogP contribution in [-0.2, 0) is 0 Å². The summed E-state index contributed by atoms with van der Waals surface area (Å²) in [7, 11) is 0. The number of anilines is 2. The monoisotopic (exact) mass is 578 g/mol. The summed E-state index contributed by atoms with van der Waals surface area (Å²) in [5.41, 5.74) is 12.0. The van der Waals surface area contributed by atoms with Crippen LogP contribution >= 0.6 is 0 Å². The van der Waals surface area contributed by atoms with Gasteiger partial charge in [-0.1, -0.05) is 128 Å². The molecule has 5 aromatic carbocycles. The Morgan fingerprint density at radius 3 is 1.80 bits per heavy atom. The molecule has 45 heavy (non-hydrogen) atoms. The van der Waals surface area contributed by atoms with E-state index in [9.17, 15) is 0 Å². The molecule has 0 amide bonds.